The normalized spacial score (nSPS) is 15.2. The lowest BCUT2D eigenvalue weighted by molar-refractivity contribution is -0.121. The van der Waals surface area contributed by atoms with E-state index in [0.717, 1.165) is 4.34 Å². The van der Waals surface area contributed by atoms with Crippen molar-refractivity contribution in [1.29, 1.82) is 0 Å². The number of rotatable bonds is 4. The van der Waals surface area contributed by atoms with E-state index in [1.54, 1.807) is 6.92 Å². The van der Waals surface area contributed by atoms with Gasteiger partial charge in [0, 0.05) is 5.75 Å². The number of hydrogen-bond donors (Lipinski definition) is 2. The maximum absolute atomic E-state index is 10.8. The Morgan fingerprint density at radius 3 is 3.00 bits per heavy atom. The average Bonchev–Trinajstić information content (AvgIpc) is 2.52. The molecule has 1 unspecified atom stereocenters. The van der Waals surface area contributed by atoms with Crippen molar-refractivity contribution < 1.29 is 4.79 Å². The summed E-state index contributed by atoms with van der Waals surface area (Å²) in [5.41, 5.74) is 9.75. The topological polar surface area (TPSA) is 94.9 Å². The van der Waals surface area contributed by atoms with Crippen LogP contribution in [0.2, 0.25) is 0 Å². The Balaban J connectivity index is 2.47. The number of aromatic nitrogens is 2. The van der Waals surface area contributed by atoms with E-state index in [1.807, 2.05) is 0 Å². The first kappa shape index (κ1) is 10.4. The molecule has 1 heterocycles. The summed E-state index contributed by atoms with van der Waals surface area (Å²) in [6, 6.07) is 0. The van der Waals surface area contributed by atoms with Gasteiger partial charge in [0.25, 0.3) is 0 Å². The van der Waals surface area contributed by atoms with Gasteiger partial charge in [-0.25, -0.2) is 4.98 Å². The summed E-state index contributed by atoms with van der Waals surface area (Å²) >= 11 is 2.65. The number of amides is 1. The Hall–Kier alpha value is -0.660. The van der Waals surface area contributed by atoms with Crippen molar-refractivity contribution >= 4 is 29.2 Å². The molecular weight excluding hydrogens is 208 g/mol. The predicted octanol–water partition coefficient (Wildman–Crippen LogP) is -0.167. The molecule has 0 saturated heterocycles. The van der Waals surface area contributed by atoms with E-state index < -0.39 is 11.4 Å². The third kappa shape index (κ3) is 2.94. The van der Waals surface area contributed by atoms with E-state index in [4.69, 9.17) is 11.5 Å². The summed E-state index contributed by atoms with van der Waals surface area (Å²) in [6.07, 6.45) is 1.46. The van der Waals surface area contributed by atoms with E-state index in [-0.39, 0.29) is 0 Å². The lowest BCUT2D eigenvalue weighted by Crippen LogP contribution is -2.51. The third-order valence-corrected chi connectivity index (χ3v) is 3.53. The van der Waals surface area contributed by atoms with Crippen LogP contribution in [0.5, 0.6) is 0 Å². The molecule has 7 heteroatoms. The van der Waals surface area contributed by atoms with Gasteiger partial charge < -0.3 is 11.5 Å². The molecule has 1 rings (SSSR count). The van der Waals surface area contributed by atoms with Crippen molar-refractivity contribution in [1.82, 2.24) is 9.36 Å². The molecule has 0 spiro atoms. The molecule has 72 valence electrons. The summed E-state index contributed by atoms with van der Waals surface area (Å²) in [5, 5.41) is 0. The quantitative estimate of drug-likeness (QED) is 0.684. The molecule has 4 N–H and O–H groups in total. The van der Waals surface area contributed by atoms with Gasteiger partial charge in [-0.15, -0.1) is 0 Å². The molecule has 0 bridgehead atoms. The SMILES string of the molecule is CC(N)(CSc1ncns1)C(N)=O. The van der Waals surface area contributed by atoms with Crippen LogP contribution in [0.25, 0.3) is 0 Å². The van der Waals surface area contributed by atoms with Crippen LogP contribution in [0, 0.1) is 0 Å². The molecule has 0 saturated carbocycles. The second kappa shape index (κ2) is 4.03. The first-order valence-electron chi connectivity index (χ1n) is 3.50. The highest BCUT2D eigenvalue weighted by Gasteiger charge is 2.26. The molecule has 1 aromatic rings. The smallest absolute Gasteiger partial charge is 0.238 e. The lowest BCUT2D eigenvalue weighted by atomic mass is 10.1. The van der Waals surface area contributed by atoms with Crippen LogP contribution in [0.3, 0.4) is 0 Å². The monoisotopic (exact) mass is 218 g/mol. The maximum atomic E-state index is 10.8. The number of nitrogens with zero attached hydrogens (tertiary/aromatic N) is 2. The minimum atomic E-state index is -0.990. The summed E-state index contributed by atoms with van der Waals surface area (Å²) in [7, 11) is 0. The summed E-state index contributed by atoms with van der Waals surface area (Å²) in [6.45, 7) is 1.60. The zero-order valence-electron chi connectivity index (χ0n) is 7.06. The van der Waals surface area contributed by atoms with Crippen molar-refractivity contribution in [3.63, 3.8) is 0 Å². The number of thioether (sulfide) groups is 1. The molecule has 0 aliphatic carbocycles. The zero-order chi connectivity index (χ0) is 9.90. The number of nitrogens with two attached hydrogens (primary N) is 2. The highest BCUT2D eigenvalue weighted by molar-refractivity contribution is 8.01. The van der Waals surface area contributed by atoms with Crippen LogP contribution >= 0.6 is 23.3 Å². The fraction of sp³-hybridized carbons (Fsp3) is 0.500. The molecular formula is C6H10N4OS2. The molecule has 5 nitrogen and oxygen atoms in total. The van der Waals surface area contributed by atoms with Crippen LogP contribution in [0.15, 0.2) is 10.7 Å². The minimum Gasteiger partial charge on any atom is -0.368 e. The maximum Gasteiger partial charge on any atom is 0.238 e. The van der Waals surface area contributed by atoms with Gasteiger partial charge in [0.05, 0.1) is 0 Å². The predicted molar refractivity (Wildman–Crippen MR) is 52.4 cm³/mol. The van der Waals surface area contributed by atoms with Crippen LogP contribution in [-0.2, 0) is 4.79 Å². The largest absolute Gasteiger partial charge is 0.368 e. The molecule has 1 amide bonds. The lowest BCUT2D eigenvalue weighted by Gasteiger charge is -2.18. The van der Waals surface area contributed by atoms with Crippen molar-refractivity contribution in [2.75, 3.05) is 5.75 Å². The Labute approximate surface area is 84.1 Å². The van der Waals surface area contributed by atoms with Crippen LogP contribution < -0.4 is 11.5 Å². The summed E-state index contributed by atoms with van der Waals surface area (Å²) < 4.78 is 4.61. The van der Waals surface area contributed by atoms with Gasteiger partial charge in [-0.05, 0) is 18.5 Å². The van der Waals surface area contributed by atoms with Gasteiger partial charge >= 0.3 is 0 Å². The summed E-state index contributed by atoms with van der Waals surface area (Å²) in [5.74, 6) is -0.0955. The van der Waals surface area contributed by atoms with E-state index in [2.05, 4.69) is 9.36 Å². The number of carbonyl (C=O) groups excluding carboxylic acids is 1. The van der Waals surface area contributed by atoms with E-state index in [9.17, 15) is 4.79 Å². The van der Waals surface area contributed by atoms with Gasteiger partial charge in [-0.1, -0.05) is 11.8 Å². The number of primary amides is 1. The molecule has 0 fully saturated rings. The molecule has 1 aromatic heterocycles. The summed E-state index contributed by atoms with van der Waals surface area (Å²) in [4.78, 5) is 14.8. The average molecular weight is 218 g/mol. The fourth-order valence-electron chi connectivity index (χ4n) is 0.509. The van der Waals surface area contributed by atoms with Gasteiger partial charge in [0.15, 0.2) is 4.34 Å². The molecule has 0 aliphatic rings. The van der Waals surface area contributed by atoms with Gasteiger partial charge in [0.1, 0.15) is 11.9 Å². The Kier molecular flexibility index (Phi) is 3.23. The Morgan fingerprint density at radius 2 is 2.54 bits per heavy atom. The van der Waals surface area contributed by atoms with Crippen molar-refractivity contribution in [3.8, 4) is 0 Å². The number of carbonyl (C=O) groups is 1. The van der Waals surface area contributed by atoms with E-state index in [1.165, 1.54) is 29.6 Å². The molecule has 0 radical (unpaired) electrons. The standard InChI is InChI=1S/C6H10N4OS2/c1-6(8,4(7)11)2-12-5-9-3-10-13-5/h3H,2,8H2,1H3,(H2,7,11). The van der Waals surface area contributed by atoms with Crippen molar-refractivity contribution in [3.05, 3.63) is 6.33 Å². The minimum absolute atomic E-state index is 0.414. The zero-order valence-corrected chi connectivity index (χ0v) is 8.69. The van der Waals surface area contributed by atoms with E-state index in [0.29, 0.717) is 5.75 Å². The second-order valence-electron chi connectivity index (χ2n) is 2.78. The van der Waals surface area contributed by atoms with Crippen LogP contribution in [-0.4, -0.2) is 26.6 Å². The first-order chi connectivity index (χ1) is 6.02. The van der Waals surface area contributed by atoms with Crippen LogP contribution in [0.4, 0.5) is 0 Å². The first-order valence-corrected chi connectivity index (χ1v) is 5.26. The fourth-order valence-corrected chi connectivity index (χ4v) is 1.99. The molecule has 13 heavy (non-hydrogen) atoms. The molecule has 0 aromatic carbocycles. The molecule has 0 aliphatic heterocycles. The highest BCUT2D eigenvalue weighted by atomic mass is 32.2. The highest BCUT2D eigenvalue weighted by Crippen LogP contribution is 2.21. The third-order valence-electron chi connectivity index (χ3n) is 1.40. The molecule has 1 atom stereocenters. The van der Waals surface area contributed by atoms with Gasteiger partial charge in [-0.2, -0.15) is 4.37 Å². The van der Waals surface area contributed by atoms with E-state index >= 15 is 0 Å². The van der Waals surface area contributed by atoms with Gasteiger partial charge in [0.2, 0.25) is 5.91 Å². The Bertz CT molecular complexity index is 285. The van der Waals surface area contributed by atoms with Crippen LogP contribution in [0.1, 0.15) is 6.92 Å². The van der Waals surface area contributed by atoms with Gasteiger partial charge in [-0.3, -0.25) is 4.79 Å². The Morgan fingerprint density at radius 1 is 1.85 bits per heavy atom. The van der Waals surface area contributed by atoms with Crippen molar-refractivity contribution in [2.24, 2.45) is 11.5 Å². The number of hydrogen-bond acceptors (Lipinski definition) is 6. The van der Waals surface area contributed by atoms with Crippen molar-refractivity contribution in [2.45, 2.75) is 16.8 Å². The second-order valence-corrected chi connectivity index (χ2v) is 4.78.